The van der Waals surface area contributed by atoms with E-state index < -0.39 is 17.8 Å². The number of likely N-dealkylation sites (N-methyl/N-ethyl adjacent to an activating group) is 1. The second-order valence-electron chi connectivity index (χ2n) is 7.58. The highest BCUT2D eigenvalue weighted by Crippen LogP contribution is 2.57. The average molecular weight is 396 g/mol. The molecule has 148 valence electrons. The Bertz CT molecular complexity index is 751. The predicted octanol–water partition coefficient (Wildman–Crippen LogP) is -0.157. The smallest absolute Gasteiger partial charge is 0.265 e. The maximum absolute atomic E-state index is 10.7. The second kappa shape index (κ2) is 6.94. The van der Waals surface area contributed by atoms with Gasteiger partial charge in [-0.1, -0.05) is 0 Å². The summed E-state index contributed by atoms with van der Waals surface area (Å²) in [4.78, 5) is 13.4. The molecule has 1 aromatic heterocycles. The van der Waals surface area contributed by atoms with E-state index in [1.807, 2.05) is 19.6 Å². The summed E-state index contributed by atoms with van der Waals surface area (Å²) in [5, 5.41) is 24.3. The van der Waals surface area contributed by atoms with Crippen LogP contribution in [-0.4, -0.2) is 88.6 Å². The van der Waals surface area contributed by atoms with E-state index in [1.165, 1.54) is 6.33 Å². The van der Waals surface area contributed by atoms with Gasteiger partial charge in [0, 0.05) is 18.7 Å². The summed E-state index contributed by atoms with van der Waals surface area (Å²) >= 11 is 1.60. The fourth-order valence-corrected chi connectivity index (χ4v) is 4.88. The van der Waals surface area contributed by atoms with E-state index in [1.54, 1.807) is 11.8 Å². The molecule has 4 rings (SSSR count). The van der Waals surface area contributed by atoms with Crippen molar-refractivity contribution in [2.45, 2.75) is 42.8 Å². The van der Waals surface area contributed by atoms with E-state index in [-0.39, 0.29) is 12.1 Å². The van der Waals surface area contributed by atoms with Crippen LogP contribution in [0.5, 0.6) is 0 Å². The number of rotatable bonds is 7. The topological polar surface area (TPSA) is 126 Å². The lowest BCUT2D eigenvalue weighted by atomic mass is 10.1. The molecule has 1 saturated heterocycles. The van der Waals surface area contributed by atoms with Crippen LogP contribution in [0.3, 0.4) is 0 Å². The number of thioether (sulfide) groups is 1. The molecule has 9 nitrogen and oxygen atoms in total. The van der Waals surface area contributed by atoms with Crippen molar-refractivity contribution in [1.82, 2.24) is 14.5 Å². The minimum absolute atomic E-state index is 0.0502. The summed E-state index contributed by atoms with van der Waals surface area (Å²) in [6.45, 7) is 1.33. The number of fused-ring (bicyclic) bond motifs is 1. The molecule has 10 heteroatoms. The number of quaternary nitrogens is 1. The van der Waals surface area contributed by atoms with E-state index in [2.05, 4.69) is 20.3 Å². The Morgan fingerprint density at radius 2 is 2.26 bits per heavy atom. The highest BCUT2D eigenvalue weighted by molar-refractivity contribution is 7.98. The Balaban J connectivity index is 1.58. The predicted molar refractivity (Wildman–Crippen MR) is 106 cm³/mol. The van der Waals surface area contributed by atoms with Gasteiger partial charge in [-0.3, -0.25) is 0 Å². The van der Waals surface area contributed by atoms with Crippen LogP contribution < -0.4 is 15.5 Å². The first-order chi connectivity index (χ1) is 13.0. The number of aliphatic imine (C=N–C) groups is 1. The molecule has 3 aliphatic rings. The highest BCUT2D eigenvalue weighted by Gasteiger charge is 2.76. The van der Waals surface area contributed by atoms with Gasteiger partial charge in [0.15, 0.2) is 23.4 Å². The summed E-state index contributed by atoms with van der Waals surface area (Å²) in [5.41, 5.74) is 5.52. The number of aliphatic hydroxyl groups excluding tert-OH is 2. The average Bonchev–Trinajstić information content (AvgIpc) is 3.24. The van der Waals surface area contributed by atoms with E-state index in [0.29, 0.717) is 34.7 Å². The molecule has 1 aliphatic carbocycles. The third-order valence-corrected chi connectivity index (χ3v) is 6.49. The van der Waals surface area contributed by atoms with Crippen molar-refractivity contribution in [3.8, 4) is 0 Å². The van der Waals surface area contributed by atoms with Gasteiger partial charge >= 0.3 is 0 Å². The molecule has 27 heavy (non-hydrogen) atoms. The third kappa shape index (κ3) is 2.86. The molecular formula is C17H27N6O3S+. The van der Waals surface area contributed by atoms with Crippen molar-refractivity contribution in [1.29, 1.82) is 0 Å². The van der Waals surface area contributed by atoms with Gasteiger partial charge in [-0.2, -0.15) is 21.7 Å². The zero-order chi connectivity index (χ0) is 19.2. The first kappa shape index (κ1) is 19.0. The molecule has 0 amide bonds. The van der Waals surface area contributed by atoms with E-state index in [9.17, 15) is 10.2 Å². The van der Waals surface area contributed by atoms with Gasteiger partial charge in [-0.05, 0) is 19.2 Å². The zero-order valence-corrected chi connectivity index (χ0v) is 16.4. The van der Waals surface area contributed by atoms with Crippen molar-refractivity contribution in [2.24, 2.45) is 10.7 Å². The lowest BCUT2D eigenvalue weighted by Crippen LogP contribution is -2.51. The molecule has 0 aromatic carbocycles. The zero-order valence-electron chi connectivity index (χ0n) is 15.6. The van der Waals surface area contributed by atoms with Gasteiger partial charge in [0.25, 0.3) is 5.82 Å². The molecular weight excluding hydrogens is 368 g/mol. The van der Waals surface area contributed by atoms with Crippen LogP contribution >= 0.6 is 11.8 Å². The Morgan fingerprint density at radius 3 is 3.00 bits per heavy atom. The monoisotopic (exact) mass is 395 g/mol. The van der Waals surface area contributed by atoms with Crippen molar-refractivity contribution < 1.29 is 14.9 Å². The number of hydrogen-bond donors (Lipinski definition) is 4. The third-order valence-electron chi connectivity index (χ3n) is 5.83. The fraction of sp³-hybridized carbons (Fsp3) is 0.706. The summed E-state index contributed by atoms with van der Waals surface area (Å²) in [5.74, 6) is 2.12. The van der Waals surface area contributed by atoms with E-state index in [4.69, 9.17) is 10.5 Å². The maximum atomic E-state index is 10.7. The largest absolute Gasteiger partial charge is 0.388 e. The number of nitrogens with one attached hydrogen (secondary N) is 1. The molecule has 3 heterocycles. The molecule has 6 atom stereocenters. The van der Waals surface area contributed by atoms with Gasteiger partial charge in [0.05, 0.1) is 13.2 Å². The number of nitrogens with two attached hydrogens (primary N) is 1. The minimum Gasteiger partial charge on any atom is -0.388 e. The quantitative estimate of drug-likeness (QED) is 0.371. The molecule has 3 unspecified atom stereocenters. The molecule has 1 saturated carbocycles. The highest BCUT2D eigenvalue weighted by atomic mass is 32.2. The van der Waals surface area contributed by atoms with Crippen LogP contribution in [0.2, 0.25) is 0 Å². The number of nitrogens with zero attached hydrogens (tertiary/aromatic N) is 4. The fourth-order valence-electron chi connectivity index (χ4n) is 4.28. The van der Waals surface area contributed by atoms with Crippen LogP contribution in [0.1, 0.15) is 12.8 Å². The number of ether oxygens (including phenoxy) is 1. The number of hydrogen-bond acceptors (Lipinski definition) is 9. The standard InChI is InChI=1S/C17H27N6O3S/c1-23(11-6-17(11)14(25)13(24)10(26-17)7-27-2)9-22-12-15(19-5-3-4-18)20-8-21-16(12)23/h8-11,13-14,24-25H,3-7,18H2,1-2H3,(H,19,20,21)/q+1/t10?,11?,13-,14-,17-,23?/m1/s1. The molecule has 1 aromatic rings. The van der Waals surface area contributed by atoms with Crippen LogP contribution in [0.4, 0.5) is 17.3 Å². The SMILES string of the molecule is CSCC1O[C@@]2(CC2[N+]2(C)C=Nc3c(NCCCN)ncnc32)[C@H](O)[C@@H]1O. The number of aromatic nitrogens is 2. The Kier molecular flexibility index (Phi) is 4.90. The lowest BCUT2D eigenvalue weighted by Gasteiger charge is -2.27. The van der Waals surface area contributed by atoms with E-state index in [0.717, 1.165) is 18.8 Å². The number of aliphatic hydroxyl groups is 2. The summed E-state index contributed by atoms with van der Waals surface area (Å²) in [7, 11) is 2.01. The van der Waals surface area contributed by atoms with Crippen LogP contribution in [0, 0.1) is 0 Å². The lowest BCUT2D eigenvalue weighted by molar-refractivity contribution is -0.0147. The summed E-state index contributed by atoms with van der Waals surface area (Å²) in [6.07, 6.45) is 4.68. The van der Waals surface area contributed by atoms with Gasteiger partial charge in [-0.15, -0.1) is 0 Å². The van der Waals surface area contributed by atoms with Gasteiger partial charge in [0.2, 0.25) is 0 Å². The van der Waals surface area contributed by atoms with Gasteiger partial charge < -0.3 is 26.0 Å². The van der Waals surface area contributed by atoms with Gasteiger partial charge in [0.1, 0.15) is 24.6 Å². The van der Waals surface area contributed by atoms with Crippen LogP contribution in [0.25, 0.3) is 0 Å². The molecule has 0 radical (unpaired) electrons. The van der Waals surface area contributed by atoms with Crippen molar-refractivity contribution in [3.63, 3.8) is 0 Å². The van der Waals surface area contributed by atoms with Crippen molar-refractivity contribution >= 4 is 35.4 Å². The summed E-state index contributed by atoms with van der Waals surface area (Å²) < 4.78 is 6.50. The first-order valence-corrected chi connectivity index (χ1v) is 10.6. The Hall–Kier alpha value is -1.30. The van der Waals surface area contributed by atoms with Gasteiger partial charge in [-0.25, -0.2) is 9.47 Å². The molecule has 2 aliphatic heterocycles. The maximum Gasteiger partial charge on any atom is 0.265 e. The van der Waals surface area contributed by atoms with Crippen LogP contribution in [0.15, 0.2) is 11.3 Å². The Labute approximate surface area is 162 Å². The summed E-state index contributed by atoms with van der Waals surface area (Å²) in [6, 6.07) is -0.0502. The van der Waals surface area contributed by atoms with Crippen molar-refractivity contribution in [2.75, 3.05) is 37.5 Å². The molecule has 5 N–H and O–H groups in total. The van der Waals surface area contributed by atoms with Crippen molar-refractivity contribution in [3.05, 3.63) is 6.33 Å². The molecule has 1 spiro atoms. The second-order valence-corrected chi connectivity index (χ2v) is 8.49. The molecule has 2 fully saturated rings. The molecule has 0 bridgehead atoms. The number of anilines is 1. The first-order valence-electron chi connectivity index (χ1n) is 9.21. The normalized spacial score (nSPS) is 39.1. The van der Waals surface area contributed by atoms with E-state index >= 15 is 0 Å². The Morgan fingerprint density at radius 1 is 1.44 bits per heavy atom. The minimum atomic E-state index is -0.906. The van der Waals surface area contributed by atoms with Crippen LogP contribution in [-0.2, 0) is 4.74 Å².